The lowest BCUT2D eigenvalue weighted by molar-refractivity contribution is -0.154. The Hall–Kier alpha value is -1.40. The molecule has 5 nitrogen and oxygen atoms in total. The summed E-state index contributed by atoms with van der Waals surface area (Å²) in [5, 5.41) is 23.0. The fourth-order valence-electron chi connectivity index (χ4n) is 2.34. The maximum Gasteiger partial charge on any atom is 0.246 e. The van der Waals surface area contributed by atoms with Gasteiger partial charge in [0.2, 0.25) is 5.91 Å². The van der Waals surface area contributed by atoms with Gasteiger partial charge >= 0.3 is 0 Å². The first-order valence-corrected chi connectivity index (χ1v) is 7.39. The largest absolute Gasteiger partial charge is 0.398 e. The molecule has 21 heavy (non-hydrogen) atoms. The summed E-state index contributed by atoms with van der Waals surface area (Å²) in [4.78, 5) is 0. The first kappa shape index (κ1) is 16.0. The molecule has 0 spiro atoms. The van der Waals surface area contributed by atoms with Crippen LogP contribution in [-0.2, 0) is 6.54 Å². The van der Waals surface area contributed by atoms with Crippen molar-refractivity contribution in [2.75, 3.05) is 12.3 Å². The first-order valence-electron chi connectivity index (χ1n) is 7.39. The van der Waals surface area contributed by atoms with E-state index >= 15 is 0 Å². The van der Waals surface area contributed by atoms with E-state index in [4.69, 9.17) is 11.5 Å². The molecule has 0 unspecified atom stereocenters. The van der Waals surface area contributed by atoms with E-state index in [-0.39, 0.29) is 0 Å². The topological polar surface area (TPSA) is 105 Å². The molecule has 0 aliphatic heterocycles. The summed E-state index contributed by atoms with van der Waals surface area (Å²) in [6.45, 7) is 2.71. The molecule has 1 aliphatic rings. The van der Waals surface area contributed by atoms with E-state index in [9.17, 15) is 10.2 Å². The number of hydrogen-bond donors (Lipinski definition) is 5. The van der Waals surface area contributed by atoms with Crippen molar-refractivity contribution in [1.29, 1.82) is 0 Å². The lowest BCUT2D eigenvalue weighted by Gasteiger charge is -2.31. The molecule has 0 saturated heterocycles. The fraction of sp³-hybridized carbons (Fsp3) is 0.500. The Morgan fingerprint density at radius 3 is 2.67 bits per heavy atom. The van der Waals surface area contributed by atoms with Gasteiger partial charge in [-0.25, -0.2) is 0 Å². The summed E-state index contributed by atoms with van der Waals surface area (Å²) in [5.74, 6) is -1.46. The van der Waals surface area contributed by atoms with E-state index in [1.165, 1.54) is 6.42 Å². The van der Waals surface area contributed by atoms with Gasteiger partial charge in [0.05, 0.1) is 0 Å². The SMILES string of the molecule is C/C(=C\c1ccc(CN)cc1N)C(O)(O)NCC1CCC1. The molecule has 0 atom stereocenters. The molecule has 0 heterocycles. The van der Waals surface area contributed by atoms with E-state index in [1.807, 2.05) is 12.1 Å². The van der Waals surface area contributed by atoms with Crippen molar-refractivity contribution in [3.05, 3.63) is 34.9 Å². The Morgan fingerprint density at radius 1 is 1.43 bits per heavy atom. The third kappa shape index (κ3) is 4.04. The summed E-state index contributed by atoms with van der Waals surface area (Å²) in [7, 11) is 0. The maximum absolute atomic E-state index is 10.1. The van der Waals surface area contributed by atoms with Gasteiger partial charge in [0.1, 0.15) is 0 Å². The first-order chi connectivity index (χ1) is 9.92. The van der Waals surface area contributed by atoms with Crippen LogP contribution in [0.5, 0.6) is 0 Å². The van der Waals surface area contributed by atoms with Crippen LogP contribution in [0, 0.1) is 5.92 Å². The Balaban J connectivity index is 2.07. The number of rotatable bonds is 6. The summed E-state index contributed by atoms with van der Waals surface area (Å²) in [6, 6.07) is 5.52. The molecule has 116 valence electrons. The number of hydrogen-bond acceptors (Lipinski definition) is 5. The molecule has 1 saturated carbocycles. The molecule has 0 aromatic heterocycles. The molecule has 1 aliphatic carbocycles. The minimum atomic E-state index is -2.01. The van der Waals surface area contributed by atoms with Crippen LogP contribution in [0.3, 0.4) is 0 Å². The molecule has 1 aromatic rings. The zero-order valence-corrected chi connectivity index (χ0v) is 12.5. The highest BCUT2D eigenvalue weighted by Crippen LogP contribution is 2.26. The van der Waals surface area contributed by atoms with E-state index in [0.29, 0.717) is 30.3 Å². The smallest absolute Gasteiger partial charge is 0.246 e. The van der Waals surface area contributed by atoms with Crippen LogP contribution < -0.4 is 16.8 Å². The average molecular weight is 291 g/mol. The van der Waals surface area contributed by atoms with Crippen molar-refractivity contribution >= 4 is 11.8 Å². The van der Waals surface area contributed by atoms with Crippen molar-refractivity contribution < 1.29 is 10.2 Å². The Bertz CT molecular complexity index is 522. The van der Waals surface area contributed by atoms with Crippen LogP contribution in [-0.4, -0.2) is 22.7 Å². The molecule has 1 aromatic carbocycles. The number of benzene rings is 1. The quantitative estimate of drug-likeness (QED) is 0.399. The zero-order valence-electron chi connectivity index (χ0n) is 12.5. The van der Waals surface area contributed by atoms with Gasteiger partial charge in [0.15, 0.2) is 0 Å². The van der Waals surface area contributed by atoms with Gasteiger partial charge in [-0.05, 0) is 49.0 Å². The minimum absolute atomic E-state index is 0.411. The Labute approximate surface area is 125 Å². The van der Waals surface area contributed by atoms with Gasteiger partial charge in [-0.2, -0.15) is 0 Å². The summed E-state index contributed by atoms with van der Waals surface area (Å²) in [6.07, 6.45) is 5.22. The maximum atomic E-state index is 10.1. The number of nitrogen functional groups attached to an aromatic ring is 1. The van der Waals surface area contributed by atoms with E-state index in [0.717, 1.165) is 24.0 Å². The predicted molar refractivity (Wildman–Crippen MR) is 84.9 cm³/mol. The molecule has 1 fully saturated rings. The van der Waals surface area contributed by atoms with Gasteiger partial charge in [-0.15, -0.1) is 0 Å². The summed E-state index contributed by atoms with van der Waals surface area (Å²) >= 11 is 0. The van der Waals surface area contributed by atoms with Crippen LogP contribution in [0.4, 0.5) is 5.69 Å². The lowest BCUT2D eigenvalue weighted by atomic mass is 9.85. The van der Waals surface area contributed by atoms with Crippen LogP contribution in [0.15, 0.2) is 23.8 Å². The van der Waals surface area contributed by atoms with Gasteiger partial charge in [0, 0.05) is 24.4 Å². The molecule has 0 radical (unpaired) electrons. The van der Waals surface area contributed by atoms with Crippen molar-refractivity contribution in [3.63, 3.8) is 0 Å². The number of anilines is 1. The highest BCUT2D eigenvalue weighted by atomic mass is 16.5. The fourth-order valence-corrected chi connectivity index (χ4v) is 2.34. The second-order valence-corrected chi connectivity index (χ2v) is 5.84. The number of nitrogens with one attached hydrogen (secondary N) is 1. The third-order valence-electron chi connectivity index (χ3n) is 4.17. The molecule has 0 amide bonds. The highest BCUT2D eigenvalue weighted by molar-refractivity contribution is 5.67. The van der Waals surface area contributed by atoms with Crippen molar-refractivity contribution in [2.45, 2.75) is 38.6 Å². The Morgan fingerprint density at radius 2 is 2.14 bits per heavy atom. The standard InChI is InChI=1S/C16H25N3O2/c1-11(16(20,21)19-10-12-3-2-4-12)7-14-6-5-13(9-17)8-15(14)18/h5-8,12,19-21H,2-4,9-10,17-18H2,1H3/b11-7+. The molecule has 7 N–H and O–H groups in total. The van der Waals surface area contributed by atoms with E-state index < -0.39 is 5.91 Å². The van der Waals surface area contributed by atoms with Gasteiger partial charge in [-0.3, -0.25) is 5.32 Å². The summed E-state index contributed by atoms with van der Waals surface area (Å²) < 4.78 is 0. The second-order valence-electron chi connectivity index (χ2n) is 5.84. The van der Waals surface area contributed by atoms with Crippen LogP contribution >= 0.6 is 0 Å². The van der Waals surface area contributed by atoms with Gasteiger partial charge in [0.25, 0.3) is 0 Å². The zero-order chi connectivity index (χ0) is 15.5. The van der Waals surface area contributed by atoms with E-state index in [2.05, 4.69) is 5.32 Å². The lowest BCUT2D eigenvalue weighted by Crippen LogP contribution is -2.48. The minimum Gasteiger partial charge on any atom is -0.398 e. The van der Waals surface area contributed by atoms with Crippen LogP contribution in [0.25, 0.3) is 6.08 Å². The molecular formula is C16H25N3O2. The van der Waals surface area contributed by atoms with Crippen molar-refractivity contribution in [3.8, 4) is 0 Å². The third-order valence-corrected chi connectivity index (χ3v) is 4.17. The molecule has 5 heteroatoms. The average Bonchev–Trinajstić information content (AvgIpc) is 2.38. The van der Waals surface area contributed by atoms with Gasteiger partial charge in [-0.1, -0.05) is 18.6 Å². The molecule has 2 rings (SSSR count). The second kappa shape index (κ2) is 6.58. The van der Waals surface area contributed by atoms with Crippen molar-refractivity contribution in [2.24, 2.45) is 11.7 Å². The monoisotopic (exact) mass is 291 g/mol. The summed E-state index contributed by atoms with van der Waals surface area (Å²) in [5.41, 5.74) is 14.2. The van der Waals surface area contributed by atoms with Crippen molar-refractivity contribution in [1.82, 2.24) is 5.32 Å². The van der Waals surface area contributed by atoms with Gasteiger partial charge < -0.3 is 21.7 Å². The highest BCUT2D eigenvalue weighted by Gasteiger charge is 2.27. The molecule has 0 bridgehead atoms. The normalized spacial score (nSPS) is 16.9. The van der Waals surface area contributed by atoms with E-state index in [1.54, 1.807) is 19.1 Å². The molecular weight excluding hydrogens is 266 g/mol. The number of nitrogens with two attached hydrogens (primary N) is 2. The van der Waals surface area contributed by atoms with Crippen LogP contribution in [0.2, 0.25) is 0 Å². The number of aliphatic hydroxyl groups is 2. The predicted octanol–water partition coefficient (Wildman–Crippen LogP) is 1.16. The Kier molecular flexibility index (Phi) is 5.00. The van der Waals surface area contributed by atoms with Crippen LogP contribution in [0.1, 0.15) is 37.3 Å².